The summed E-state index contributed by atoms with van der Waals surface area (Å²) in [5.74, 6) is -0.458. The summed E-state index contributed by atoms with van der Waals surface area (Å²) in [6, 6.07) is 3.11. The van der Waals surface area contributed by atoms with Gasteiger partial charge in [-0.2, -0.15) is 4.39 Å². The molecule has 0 saturated heterocycles. The zero-order valence-electron chi connectivity index (χ0n) is 5.76. The smallest absolute Gasteiger partial charge is 0.213 e. The normalized spacial score (nSPS) is 9.90. The summed E-state index contributed by atoms with van der Waals surface area (Å²) in [5, 5.41) is 0. The highest BCUT2D eigenvalue weighted by molar-refractivity contribution is 5.15. The first kappa shape index (κ1) is 7.15. The van der Waals surface area contributed by atoms with Crippen LogP contribution < -0.4 is 5.73 Å². The third-order valence-electron chi connectivity index (χ3n) is 1.22. The fourth-order valence-electron chi connectivity index (χ4n) is 0.814. The van der Waals surface area contributed by atoms with Crippen LogP contribution in [0, 0.1) is 12.9 Å². The fraction of sp³-hybridized carbons (Fsp3) is 0.286. The van der Waals surface area contributed by atoms with Gasteiger partial charge in [0.15, 0.2) is 0 Å². The minimum absolute atomic E-state index is 0.361. The Balaban J connectivity index is 3.06. The van der Waals surface area contributed by atoms with Gasteiger partial charge in [0.2, 0.25) is 5.95 Å². The first-order chi connectivity index (χ1) is 4.72. The molecule has 1 aromatic heterocycles. The van der Waals surface area contributed by atoms with Crippen LogP contribution in [0.1, 0.15) is 11.3 Å². The van der Waals surface area contributed by atoms with Crippen molar-refractivity contribution in [1.82, 2.24) is 4.98 Å². The van der Waals surface area contributed by atoms with Crippen LogP contribution in [0.5, 0.6) is 0 Å². The quantitative estimate of drug-likeness (QED) is 0.591. The highest BCUT2D eigenvalue weighted by Gasteiger charge is 1.95. The molecule has 0 bridgehead atoms. The topological polar surface area (TPSA) is 38.9 Å². The molecule has 2 N–H and O–H groups in total. The lowest BCUT2D eigenvalue weighted by atomic mass is 10.2. The molecule has 0 atom stereocenters. The molecule has 0 aliphatic rings. The SMILES string of the molecule is Cc1cc(CN)cc(F)n1. The van der Waals surface area contributed by atoms with Crippen molar-refractivity contribution in [3.63, 3.8) is 0 Å². The third kappa shape index (κ3) is 1.51. The van der Waals surface area contributed by atoms with E-state index >= 15 is 0 Å². The molecule has 2 nitrogen and oxygen atoms in total. The summed E-state index contributed by atoms with van der Waals surface area (Å²) < 4.78 is 12.4. The van der Waals surface area contributed by atoms with E-state index in [4.69, 9.17) is 5.73 Å². The predicted octanol–water partition coefficient (Wildman–Crippen LogP) is 0.988. The lowest BCUT2D eigenvalue weighted by Gasteiger charge is -1.97. The van der Waals surface area contributed by atoms with Crippen molar-refractivity contribution in [2.45, 2.75) is 13.5 Å². The number of aromatic nitrogens is 1. The molecule has 10 heavy (non-hydrogen) atoms. The van der Waals surface area contributed by atoms with Crippen molar-refractivity contribution >= 4 is 0 Å². The summed E-state index contributed by atoms with van der Waals surface area (Å²) in [6.07, 6.45) is 0. The molecule has 1 aromatic rings. The monoisotopic (exact) mass is 140 g/mol. The second kappa shape index (κ2) is 2.75. The van der Waals surface area contributed by atoms with Crippen LogP contribution >= 0.6 is 0 Å². The van der Waals surface area contributed by atoms with Gasteiger partial charge in [0.25, 0.3) is 0 Å². The molecule has 0 aliphatic carbocycles. The number of hydrogen-bond acceptors (Lipinski definition) is 2. The van der Waals surface area contributed by atoms with Gasteiger partial charge in [0.05, 0.1) is 0 Å². The van der Waals surface area contributed by atoms with Crippen LogP contribution in [0.25, 0.3) is 0 Å². The van der Waals surface area contributed by atoms with Crippen molar-refractivity contribution in [2.24, 2.45) is 5.73 Å². The van der Waals surface area contributed by atoms with Crippen LogP contribution in [0.15, 0.2) is 12.1 Å². The third-order valence-corrected chi connectivity index (χ3v) is 1.22. The molecule has 0 radical (unpaired) electrons. The summed E-state index contributed by atoms with van der Waals surface area (Å²) in [7, 11) is 0. The van der Waals surface area contributed by atoms with E-state index < -0.39 is 5.95 Å². The van der Waals surface area contributed by atoms with Gasteiger partial charge in [0, 0.05) is 12.2 Å². The number of hydrogen-bond donors (Lipinski definition) is 1. The van der Waals surface area contributed by atoms with Gasteiger partial charge in [-0.1, -0.05) is 0 Å². The summed E-state index contributed by atoms with van der Waals surface area (Å²) in [5.41, 5.74) is 6.74. The van der Waals surface area contributed by atoms with E-state index in [1.54, 1.807) is 13.0 Å². The van der Waals surface area contributed by atoms with Crippen molar-refractivity contribution in [3.8, 4) is 0 Å². The van der Waals surface area contributed by atoms with E-state index in [1.165, 1.54) is 6.07 Å². The summed E-state index contributed by atoms with van der Waals surface area (Å²) in [6.45, 7) is 2.10. The number of pyridine rings is 1. The number of halogens is 1. The predicted molar refractivity (Wildman–Crippen MR) is 36.8 cm³/mol. The Labute approximate surface area is 58.9 Å². The highest BCUT2D eigenvalue weighted by Crippen LogP contribution is 2.02. The van der Waals surface area contributed by atoms with E-state index in [0.717, 1.165) is 5.56 Å². The Bertz CT molecular complexity index is 215. The van der Waals surface area contributed by atoms with E-state index in [-0.39, 0.29) is 0 Å². The fourth-order valence-corrected chi connectivity index (χ4v) is 0.814. The first-order valence-electron chi connectivity index (χ1n) is 3.05. The molecule has 0 fully saturated rings. The number of nitrogens with two attached hydrogens (primary N) is 1. The van der Waals surface area contributed by atoms with Crippen LogP contribution in [0.3, 0.4) is 0 Å². The number of nitrogens with zero attached hydrogens (tertiary/aromatic N) is 1. The van der Waals surface area contributed by atoms with Crippen LogP contribution in [0.4, 0.5) is 4.39 Å². The summed E-state index contributed by atoms with van der Waals surface area (Å²) >= 11 is 0. The van der Waals surface area contributed by atoms with E-state index in [1.807, 2.05) is 0 Å². The van der Waals surface area contributed by atoms with Crippen molar-refractivity contribution in [2.75, 3.05) is 0 Å². The molecule has 54 valence electrons. The van der Waals surface area contributed by atoms with Gasteiger partial charge in [-0.05, 0) is 24.6 Å². The largest absolute Gasteiger partial charge is 0.326 e. The van der Waals surface area contributed by atoms with Crippen molar-refractivity contribution in [3.05, 3.63) is 29.3 Å². The molecule has 1 heterocycles. The lowest BCUT2D eigenvalue weighted by molar-refractivity contribution is 0.577. The van der Waals surface area contributed by atoms with E-state index in [9.17, 15) is 4.39 Å². The average Bonchev–Trinajstić information content (AvgIpc) is 1.85. The van der Waals surface area contributed by atoms with Crippen LogP contribution in [0.2, 0.25) is 0 Å². The number of rotatable bonds is 1. The lowest BCUT2D eigenvalue weighted by Crippen LogP contribution is -1.99. The van der Waals surface area contributed by atoms with Gasteiger partial charge in [-0.25, -0.2) is 4.98 Å². The molecular weight excluding hydrogens is 131 g/mol. The molecule has 0 unspecified atom stereocenters. The second-order valence-corrected chi connectivity index (χ2v) is 2.14. The van der Waals surface area contributed by atoms with Crippen molar-refractivity contribution in [1.29, 1.82) is 0 Å². The molecule has 3 heteroatoms. The zero-order chi connectivity index (χ0) is 7.56. The molecule has 0 spiro atoms. The maximum Gasteiger partial charge on any atom is 0.213 e. The van der Waals surface area contributed by atoms with E-state index in [2.05, 4.69) is 4.98 Å². The second-order valence-electron chi connectivity index (χ2n) is 2.14. The maximum absolute atomic E-state index is 12.4. The number of aryl methyl sites for hydroxylation is 1. The van der Waals surface area contributed by atoms with Gasteiger partial charge >= 0.3 is 0 Å². The molecular formula is C7H9FN2. The van der Waals surface area contributed by atoms with Gasteiger partial charge < -0.3 is 5.73 Å². The van der Waals surface area contributed by atoms with Crippen molar-refractivity contribution < 1.29 is 4.39 Å². The first-order valence-corrected chi connectivity index (χ1v) is 3.05. The zero-order valence-corrected chi connectivity index (χ0v) is 5.76. The van der Waals surface area contributed by atoms with Crippen LogP contribution in [-0.4, -0.2) is 4.98 Å². The maximum atomic E-state index is 12.4. The van der Waals surface area contributed by atoms with Crippen LogP contribution in [-0.2, 0) is 6.54 Å². The molecule has 0 amide bonds. The van der Waals surface area contributed by atoms with Gasteiger partial charge in [0.1, 0.15) is 0 Å². The summed E-state index contributed by atoms with van der Waals surface area (Å²) in [4.78, 5) is 3.56. The Morgan fingerprint density at radius 1 is 1.60 bits per heavy atom. The average molecular weight is 140 g/mol. The van der Waals surface area contributed by atoms with Gasteiger partial charge in [-0.3, -0.25) is 0 Å². The standard InChI is InChI=1S/C7H9FN2/c1-5-2-6(4-9)3-7(8)10-5/h2-3H,4,9H2,1H3. The Hall–Kier alpha value is -0.960. The Morgan fingerprint density at radius 3 is 2.80 bits per heavy atom. The van der Waals surface area contributed by atoms with E-state index in [0.29, 0.717) is 12.2 Å². The molecule has 0 saturated carbocycles. The molecule has 0 aliphatic heterocycles. The Kier molecular flexibility index (Phi) is 1.97. The minimum atomic E-state index is -0.458. The molecule has 0 aromatic carbocycles. The van der Waals surface area contributed by atoms with Gasteiger partial charge in [-0.15, -0.1) is 0 Å². The highest BCUT2D eigenvalue weighted by atomic mass is 19.1. The Morgan fingerprint density at radius 2 is 2.30 bits per heavy atom. The molecule has 1 rings (SSSR count). The minimum Gasteiger partial charge on any atom is -0.326 e.